The highest BCUT2D eigenvalue weighted by atomic mass is 16.2. The Kier molecular flexibility index (Phi) is 3.31. The highest BCUT2D eigenvalue weighted by Gasteiger charge is 2.26. The van der Waals surface area contributed by atoms with Gasteiger partial charge in [-0.1, -0.05) is 0 Å². The van der Waals surface area contributed by atoms with Crippen molar-refractivity contribution in [3.63, 3.8) is 0 Å². The number of nitrogens with one attached hydrogen (secondary N) is 1. The molecule has 4 nitrogen and oxygen atoms in total. The number of likely N-dealkylation sites (tertiary alicyclic amines) is 1. The first-order chi connectivity index (χ1) is 8.09. The van der Waals surface area contributed by atoms with Crippen LogP contribution in [0.5, 0.6) is 0 Å². The van der Waals surface area contributed by atoms with Crippen molar-refractivity contribution in [1.82, 2.24) is 9.88 Å². The molecule has 1 atom stereocenters. The van der Waals surface area contributed by atoms with Crippen LogP contribution in [0.15, 0.2) is 17.1 Å². The quantitative estimate of drug-likeness (QED) is 0.805. The molecule has 1 amide bonds. The van der Waals surface area contributed by atoms with Gasteiger partial charge in [-0.2, -0.15) is 0 Å². The Bertz CT molecular complexity index is 479. The lowest BCUT2D eigenvalue weighted by molar-refractivity contribution is -0.132. The molecule has 2 rings (SSSR count). The predicted molar refractivity (Wildman–Crippen MR) is 65.8 cm³/mol. The van der Waals surface area contributed by atoms with E-state index in [2.05, 4.69) is 4.98 Å². The van der Waals surface area contributed by atoms with Crippen LogP contribution < -0.4 is 5.56 Å². The first-order valence-corrected chi connectivity index (χ1v) is 6.06. The second-order valence-corrected chi connectivity index (χ2v) is 4.66. The minimum Gasteiger partial charge on any atom is -0.336 e. The molecule has 1 N–H and O–H groups in total. The number of nitrogens with zero attached hydrogens (tertiary/aromatic N) is 1. The van der Waals surface area contributed by atoms with E-state index in [4.69, 9.17) is 0 Å². The molecule has 1 unspecified atom stereocenters. The Balaban J connectivity index is 2.36. The van der Waals surface area contributed by atoms with E-state index in [-0.39, 0.29) is 17.5 Å². The number of rotatable bonds is 1. The van der Waals surface area contributed by atoms with Gasteiger partial charge in [0.1, 0.15) is 0 Å². The van der Waals surface area contributed by atoms with Gasteiger partial charge in [-0.15, -0.1) is 0 Å². The van der Waals surface area contributed by atoms with Crippen molar-refractivity contribution < 1.29 is 4.79 Å². The van der Waals surface area contributed by atoms with Crippen molar-refractivity contribution in [1.29, 1.82) is 0 Å². The molecule has 1 aliphatic rings. The smallest absolute Gasteiger partial charge is 0.248 e. The van der Waals surface area contributed by atoms with Gasteiger partial charge in [0, 0.05) is 25.7 Å². The number of amides is 1. The molecule has 17 heavy (non-hydrogen) atoms. The Morgan fingerprint density at radius 2 is 2.24 bits per heavy atom. The van der Waals surface area contributed by atoms with Gasteiger partial charge in [0.25, 0.3) is 0 Å². The van der Waals surface area contributed by atoms with Crippen LogP contribution >= 0.6 is 0 Å². The maximum Gasteiger partial charge on any atom is 0.248 e. The molecular weight excluding hydrogens is 216 g/mol. The molecule has 2 heterocycles. The fourth-order valence-corrected chi connectivity index (χ4v) is 2.58. The molecule has 1 aromatic heterocycles. The summed E-state index contributed by atoms with van der Waals surface area (Å²) >= 11 is 0. The van der Waals surface area contributed by atoms with Crippen LogP contribution in [0.25, 0.3) is 0 Å². The number of aromatic amines is 1. The van der Waals surface area contributed by atoms with Crippen molar-refractivity contribution in [2.24, 2.45) is 0 Å². The van der Waals surface area contributed by atoms with E-state index in [0.29, 0.717) is 0 Å². The van der Waals surface area contributed by atoms with Crippen LogP contribution in [0.4, 0.5) is 0 Å². The van der Waals surface area contributed by atoms with E-state index in [0.717, 1.165) is 36.9 Å². The van der Waals surface area contributed by atoms with Crippen LogP contribution in [0.3, 0.4) is 0 Å². The summed E-state index contributed by atoms with van der Waals surface area (Å²) < 4.78 is 0. The number of pyridine rings is 1. The van der Waals surface area contributed by atoms with Crippen molar-refractivity contribution in [2.75, 3.05) is 6.54 Å². The molecule has 4 heteroatoms. The molecule has 1 fully saturated rings. The van der Waals surface area contributed by atoms with Crippen LogP contribution in [0.1, 0.15) is 43.4 Å². The number of piperidine rings is 1. The zero-order valence-corrected chi connectivity index (χ0v) is 10.3. The molecule has 0 saturated carbocycles. The van der Waals surface area contributed by atoms with Gasteiger partial charge in [-0.25, -0.2) is 0 Å². The number of aromatic nitrogens is 1. The minimum absolute atomic E-state index is 0.0866. The van der Waals surface area contributed by atoms with Gasteiger partial charge in [-0.05, 0) is 37.3 Å². The summed E-state index contributed by atoms with van der Waals surface area (Å²) in [7, 11) is 0. The molecule has 0 radical (unpaired) electrons. The molecule has 0 aromatic carbocycles. The van der Waals surface area contributed by atoms with Gasteiger partial charge in [0.2, 0.25) is 11.5 Å². The highest BCUT2D eigenvalue weighted by Crippen LogP contribution is 2.31. The standard InChI is InChI=1S/C13H18N2O2/c1-9-7-13(17)14-8-11(9)12-5-3-4-6-15(12)10(2)16/h7-8,12H,3-6H2,1-2H3,(H,14,17). The van der Waals surface area contributed by atoms with E-state index >= 15 is 0 Å². The summed E-state index contributed by atoms with van der Waals surface area (Å²) in [6.07, 6.45) is 4.93. The van der Waals surface area contributed by atoms with E-state index in [9.17, 15) is 9.59 Å². The van der Waals surface area contributed by atoms with Crippen molar-refractivity contribution in [3.8, 4) is 0 Å². The molecule has 0 spiro atoms. The first-order valence-electron chi connectivity index (χ1n) is 6.06. The average Bonchev–Trinajstić information content (AvgIpc) is 2.29. The lowest BCUT2D eigenvalue weighted by Gasteiger charge is -2.36. The molecule has 1 saturated heterocycles. The average molecular weight is 234 g/mol. The summed E-state index contributed by atoms with van der Waals surface area (Å²) in [5.41, 5.74) is 1.95. The van der Waals surface area contributed by atoms with E-state index in [1.54, 1.807) is 19.2 Å². The SMILES string of the molecule is CC(=O)N1CCCCC1c1c[nH]c(=O)cc1C. The third-order valence-electron chi connectivity index (χ3n) is 3.44. The summed E-state index contributed by atoms with van der Waals surface area (Å²) in [6.45, 7) is 4.36. The van der Waals surface area contributed by atoms with Gasteiger partial charge in [0.05, 0.1) is 6.04 Å². The van der Waals surface area contributed by atoms with Gasteiger partial charge in [-0.3, -0.25) is 9.59 Å². The lowest BCUT2D eigenvalue weighted by atomic mass is 9.93. The van der Waals surface area contributed by atoms with Crippen LogP contribution in [0, 0.1) is 6.92 Å². The Morgan fingerprint density at radius 1 is 1.47 bits per heavy atom. The van der Waals surface area contributed by atoms with Gasteiger partial charge < -0.3 is 9.88 Å². The lowest BCUT2D eigenvalue weighted by Crippen LogP contribution is -2.37. The van der Waals surface area contributed by atoms with Gasteiger partial charge in [0.15, 0.2) is 0 Å². The molecule has 0 bridgehead atoms. The van der Waals surface area contributed by atoms with Crippen LogP contribution in [0.2, 0.25) is 0 Å². The largest absolute Gasteiger partial charge is 0.336 e. The zero-order chi connectivity index (χ0) is 12.4. The maximum atomic E-state index is 11.6. The van der Waals surface area contributed by atoms with E-state index in [1.165, 1.54) is 0 Å². The Labute approximate surface area is 101 Å². The number of H-pyrrole nitrogens is 1. The fraction of sp³-hybridized carbons (Fsp3) is 0.538. The summed E-state index contributed by atoms with van der Waals surface area (Å²) in [4.78, 5) is 27.4. The summed E-state index contributed by atoms with van der Waals surface area (Å²) in [5.74, 6) is 0.111. The topological polar surface area (TPSA) is 53.2 Å². The van der Waals surface area contributed by atoms with Gasteiger partial charge >= 0.3 is 0 Å². The number of carbonyl (C=O) groups is 1. The molecule has 1 aliphatic heterocycles. The monoisotopic (exact) mass is 234 g/mol. The minimum atomic E-state index is -0.0866. The van der Waals surface area contributed by atoms with E-state index < -0.39 is 0 Å². The highest BCUT2D eigenvalue weighted by molar-refractivity contribution is 5.74. The number of aryl methyl sites for hydroxylation is 1. The van der Waals surface area contributed by atoms with E-state index in [1.807, 2.05) is 11.8 Å². The predicted octanol–water partition coefficient (Wildman–Crippen LogP) is 1.76. The number of hydrogen-bond acceptors (Lipinski definition) is 2. The molecule has 0 aliphatic carbocycles. The number of hydrogen-bond donors (Lipinski definition) is 1. The third-order valence-corrected chi connectivity index (χ3v) is 3.44. The molecule has 92 valence electrons. The van der Waals surface area contributed by atoms with Crippen LogP contribution in [-0.4, -0.2) is 22.3 Å². The molecular formula is C13H18N2O2. The number of carbonyl (C=O) groups excluding carboxylic acids is 1. The summed E-state index contributed by atoms with van der Waals surface area (Å²) in [6, 6.07) is 1.72. The third kappa shape index (κ3) is 2.40. The first kappa shape index (κ1) is 11.9. The fourth-order valence-electron chi connectivity index (χ4n) is 2.58. The second-order valence-electron chi connectivity index (χ2n) is 4.66. The summed E-state index contributed by atoms with van der Waals surface area (Å²) in [5, 5.41) is 0. The van der Waals surface area contributed by atoms with Crippen molar-refractivity contribution in [3.05, 3.63) is 33.7 Å². The molecule has 1 aromatic rings. The van der Waals surface area contributed by atoms with Crippen molar-refractivity contribution in [2.45, 2.75) is 39.2 Å². The van der Waals surface area contributed by atoms with Crippen molar-refractivity contribution >= 4 is 5.91 Å². The zero-order valence-electron chi connectivity index (χ0n) is 10.3. The maximum absolute atomic E-state index is 11.6. The Morgan fingerprint density at radius 3 is 2.88 bits per heavy atom. The van der Waals surface area contributed by atoms with Crippen LogP contribution in [-0.2, 0) is 4.79 Å². The second kappa shape index (κ2) is 4.73. The normalized spacial score (nSPS) is 20.4. The Hall–Kier alpha value is -1.58.